The van der Waals surface area contributed by atoms with Crippen LogP contribution >= 0.6 is 0 Å². The average Bonchev–Trinajstić information content (AvgIpc) is 2.14. The molecule has 0 aliphatic carbocycles. The summed E-state index contributed by atoms with van der Waals surface area (Å²) in [4.78, 5) is 2.67. The minimum atomic E-state index is 0.146. The van der Waals surface area contributed by atoms with Crippen LogP contribution in [0, 0.1) is 0 Å². The molecule has 0 saturated carbocycles. The monoisotopic (exact) mass is 113 g/mol. The summed E-state index contributed by atoms with van der Waals surface area (Å²) in [6.45, 7) is 0. The Kier molecular flexibility index (Phi) is 1.12. The quantitative estimate of drug-likeness (QED) is 0.563. The van der Waals surface area contributed by atoms with Crippen molar-refractivity contribution in [2.24, 2.45) is 0 Å². The summed E-state index contributed by atoms with van der Waals surface area (Å²) >= 11 is 0. The van der Waals surface area contributed by atoms with Gasteiger partial charge in [-0.1, -0.05) is 0 Å². The van der Waals surface area contributed by atoms with Crippen LogP contribution in [-0.2, 0) is 0 Å². The lowest BCUT2D eigenvalue weighted by atomic mass is 10.5. The molecule has 0 aliphatic rings. The summed E-state index contributed by atoms with van der Waals surface area (Å²) in [5.41, 5.74) is 0. The molecule has 0 fully saturated rings. The predicted molar refractivity (Wildman–Crippen MR) is 29.0 cm³/mol. The number of aromatic nitrogens is 1. The molecule has 1 heterocycles. The minimum absolute atomic E-state index is 0.146. The van der Waals surface area contributed by atoms with Gasteiger partial charge in [0.25, 0.3) is 0 Å². The first-order valence-corrected chi connectivity index (χ1v) is 2.24. The van der Waals surface area contributed by atoms with Crippen molar-refractivity contribution in [3.63, 3.8) is 0 Å². The maximum Gasteiger partial charge on any atom is 0.178 e. The molecule has 44 valence electrons. The number of H-pyrrole nitrogens is 1. The molecule has 0 atom stereocenters. The molecule has 0 bridgehead atoms. The number of ether oxygens (including phenoxy) is 1. The van der Waals surface area contributed by atoms with Gasteiger partial charge in [0, 0.05) is 12.4 Å². The van der Waals surface area contributed by atoms with E-state index in [9.17, 15) is 0 Å². The maximum atomic E-state index is 8.79. The molecule has 1 aromatic heterocycles. The number of hydrogen-bond acceptors (Lipinski definition) is 2. The molecular formula is C5H7NO2. The van der Waals surface area contributed by atoms with Crippen LogP contribution in [-0.4, -0.2) is 17.2 Å². The van der Waals surface area contributed by atoms with E-state index in [2.05, 4.69) is 4.98 Å². The van der Waals surface area contributed by atoms with Crippen molar-refractivity contribution in [2.45, 2.75) is 0 Å². The molecule has 2 N–H and O–H groups in total. The molecule has 8 heavy (non-hydrogen) atoms. The van der Waals surface area contributed by atoms with Gasteiger partial charge in [-0.2, -0.15) is 0 Å². The van der Waals surface area contributed by atoms with Crippen LogP contribution in [0.5, 0.6) is 11.5 Å². The van der Waals surface area contributed by atoms with Crippen molar-refractivity contribution in [1.29, 1.82) is 0 Å². The van der Waals surface area contributed by atoms with E-state index < -0.39 is 0 Å². The zero-order valence-electron chi connectivity index (χ0n) is 4.51. The van der Waals surface area contributed by atoms with Crippen molar-refractivity contribution in [2.75, 3.05) is 7.11 Å². The van der Waals surface area contributed by atoms with E-state index in [0.717, 1.165) is 0 Å². The third-order valence-electron chi connectivity index (χ3n) is 0.907. The van der Waals surface area contributed by atoms with E-state index in [-0.39, 0.29) is 5.75 Å². The molecule has 3 heteroatoms. The summed E-state index contributed by atoms with van der Waals surface area (Å²) in [6.07, 6.45) is 3.04. The molecule has 0 amide bonds. The second-order valence-electron chi connectivity index (χ2n) is 1.41. The lowest BCUT2D eigenvalue weighted by molar-refractivity contribution is 0.376. The molecule has 0 saturated heterocycles. The average molecular weight is 113 g/mol. The van der Waals surface area contributed by atoms with Gasteiger partial charge in [-0.25, -0.2) is 0 Å². The fourth-order valence-corrected chi connectivity index (χ4v) is 0.505. The third kappa shape index (κ3) is 0.621. The summed E-state index contributed by atoms with van der Waals surface area (Å²) < 4.78 is 4.70. The molecule has 0 unspecified atom stereocenters. The van der Waals surface area contributed by atoms with Crippen LogP contribution in [0.15, 0.2) is 12.4 Å². The Morgan fingerprint density at radius 1 is 1.62 bits per heavy atom. The Hall–Kier alpha value is -1.12. The minimum Gasteiger partial charge on any atom is -0.503 e. The van der Waals surface area contributed by atoms with Crippen LogP contribution in [0.4, 0.5) is 0 Å². The van der Waals surface area contributed by atoms with E-state index in [4.69, 9.17) is 9.84 Å². The Bertz CT molecular complexity index is 171. The van der Waals surface area contributed by atoms with Crippen LogP contribution in [0.1, 0.15) is 0 Å². The first-order chi connectivity index (χ1) is 3.84. The van der Waals surface area contributed by atoms with E-state index in [1.165, 1.54) is 13.3 Å². The van der Waals surface area contributed by atoms with Gasteiger partial charge in [-0.3, -0.25) is 0 Å². The van der Waals surface area contributed by atoms with Gasteiger partial charge < -0.3 is 14.8 Å². The number of nitrogens with one attached hydrogen (secondary N) is 1. The predicted octanol–water partition coefficient (Wildman–Crippen LogP) is 0.729. The van der Waals surface area contributed by atoms with Gasteiger partial charge in [-0.05, 0) is 0 Å². The highest BCUT2D eigenvalue weighted by Gasteiger charge is 1.96. The van der Waals surface area contributed by atoms with Crippen LogP contribution in [0.2, 0.25) is 0 Å². The third-order valence-corrected chi connectivity index (χ3v) is 0.907. The van der Waals surface area contributed by atoms with Crippen molar-refractivity contribution in [3.05, 3.63) is 12.4 Å². The second kappa shape index (κ2) is 1.78. The molecule has 0 aromatic carbocycles. The summed E-state index contributed by atoms with van der Waals surface area (Å²) in [5, 5.41) is 8.79. The zero-order valence-corrected chi connectivity index (χ0v) is 4.51. The number of rotatable bonds is 1. The van der Waals surface area contributed by atoms with E-state index in [1.807, 2.05) is 0 Å². The molecule has 1 aromatic rings. The maximum absolute atomic E-state index is 8.79. The number of aromatic hydroxyl groups is 1. The highest BCUT2D eigenvalue weighted by molar-refractivity contribution is 5.34. The van der Waals surface area contributed by atoms with Gasteiger partial charge in [-0.15, -0.1) is 0 Å². The summed E-state index contributed by atoms with van der Waals surface area (Å²) in [5.74, 6) is 0.623. The molecule has 0 spiro atoms. The zero-order chi connectivity index (χ0) is 5.98. The summed E-state index contributed by atoms with van der Waals surface area (Å²) in [7, 11) is 1.50. The summed E-state index contributed by atoms with van der Waals surface area (Å²) in [6, 6.07) is 0. The Morgan fingerprint density at radius 2 is 2.38 bits per heavy atom. The highest BCUT2D eigenvalue weighted by atomic mass is 16.5. The molecule has 1 rings (SSSR count). The SMILES string of the molecule is COc1c[nH]cc1O. The molecule has 0 aliphatic heterocycles. The first-order valence-electron chi connectivity index (χ1n) is 2.24. The second-order valence-corrected chi connectivity index (χ2v) is 1.41. The van der Waals surface area contributed by atoms with Crippen molar-refractivity contribution in [1.82, 2.24) is 4.98 Å². The van der Waals surface area contributed by atoms with E-state index in [1.54, 1.807) is 6.20 Å². The van der Waals surface area contributed by atoms with Crippen molar-refractivity contribution < 1.29 is 9.84 Å². The molecule has 0 radical (unpaired) electrons. The lowest BCUT2D eigenvalue weighted by Crippen LogP contribution is -1.76. The number of hydrogen-bond donors (Lipinski definition) is 2. The normalized spacial score (nSPS) is 9.12. The van der Waals surface area contributed by atoms with E-state index >= 15 is 0 Å². The molecular weight excluding hydrogens is 106 g/mol. The van der Waals surface area contributed by atoms with Gasteiger partial charge in [0.15, 0.2) is 11.5 Å². The highest BCUT2D eigenvalue weighted by Crippen LogP contribution is 2.22. The fraction of sp³-hybridized carbons (Fsp3) is 0.200. The fourth-order valence-electron chi connectivity index (χ4n) is 0.505. The number of methoxy groups -OCH3 is 1. The van der Waals surface area contributed by atoms with Crippen LogP contribution < -0.4 is 4.74 Å². The van der Waals surface area contributed by atoms with Gasteiger partial charge in [0.05, 0.1) is 7.11 Å². The van der Waals surface area contributed by atoms with E-state index in [0.29, 0.717) is 5.75 Å². The van der Waals surface area contributed by atoms with Gasteiger partial charge in [0.2, 0.25) is 0 Å². The number of aromatic amines is 1. The lowest BCUT2D eigenvalue weighted by Gasteiger charge is -1.91. The van der Waals surface area contributed by atoms with Crippen molar-refractivity contribution >= 4 is 0 Å². The Balaban J connectivity index is 2.92. The molecule has 3 nitrogen and oxygen atoms in total. The Morgan fingerprint density at radius 3 is 2.62 bits per heavy atom. The largest absolute Gasteiger partial charge is 0.503 e. The Labute approximate surface area is 46.9 Å². The first kappa shape index (κ1) is 5.03. The van der Waals surface area contributed by atoms with Crippen LogP contribution in [0.3, 0.4) is 0 Å². The standard InChI is InChI=1S/C5H7NO2/c1-8-5-3-6-2-4(5)7/h2-3,6-7H,1H3. The van der Waals surface area contributed by atoms with Gasteiger partial charge >= 0.3 is 0 Å². The van der Waals surface area contributed by atoms with Gasteiger partial charge in [0.1, 0.15) is 0 Å². The topological polar surface area (TPSA) is 45.2 Å². The van der Waals surface area contributed by atoms with Crippen molar-refractivity contribution in [3.8, 4) is 11.5 Å². The smallest absolute Gasteiger partial charge is 0.178 e. The van der Waals surface area contributed by atoms with Crippen LogP contribution in [0.25, 0.3) is 0 Å².